The maximum Gasteiger partial charge on any atom is 0.226 e. The lowest BCUT2D eigenvalue weighted by Gasteiger charge is -2.24. The van der Waals surface area contributed by atoms with Gasteiger partial charge in [-0.1, -0.05) is 26.7 Å². The summed E-state index contributed by atoms with van der Waals surface area (Å²) in [5.41, 5.74) is 0. The van der Waals surface area contributed by atoms with Gasteiger partial charge in [-0.3, -0.25) is 4.79 Å². The average Bonchev–Trinajstić information content (AvgIpc) is 2.54. The van der Waals surface area contributed by atoms with Crippen LogP contribution in [0.3, 0.4) is 0 Å². The fourth-order valence-corrected chi connectivity index (χ4v) is 2.79. The number of carbonyl (C=O) groups is 1. The summed E-state index contributed by atoms with van der Waals surface area (Å²) < 4.78 is 0. The summed E-state index contributed by atoms with van der Waals surface area (Å²) in [6.07, 6.45) is 6.29. The molecule has 2 atom stereocenters. The van der Waals surface area contributed by atoms with Crippen molar-refractivity contribution in [1.29, 1.82) is 0 Å². The number of carbonyl (C=O) groups excluding carboxylic acids is 1. The molecule has 0 spiro atoms. The van der Waals surface area contributed by atoms with E-state index in [0.717, 1.165) is 25.6 Å². The molecule has 0 aliphatic carbocycles. The topological polar surface area (TPSA) is 32.3 Å². The van der Waals surface area contributed by atoms with Crippen LogP contribution in [0.15, 0.2) is 0 Å². The summed E-state index contributed by atoms with van der Waals surface area (Å²) in [5, 5.41) is 3.08. The molecule has 1 fully saturated rings. The Morgan fingerprint density at radius 1 is 1.41 bits per heavy atom. The van der Waals surface area contributed by atoms with Crippen LogP contribution < -0.4 is 5.32 Å². The summed E-state index contributed by atoms with van der Waals surface area (Å²) in [4.78, 5) is 14.3. The number of nitrogens with one attached hydrogen (secondary N) is 1. The zero-order chi connectivity index (χ0) is 12.7. The first-order valence-corrected chi connectivity index (χ1v) is 7.12. The molecule has 3 heteroatoms. The molecule has 0 aromatic rings. The standard InChI is InChI=1S/C14H28N2O/c1-4-6-13-7-5-9-16(10-8-13)14(17)12(2)11-15-3/h12-13,15H,4-11H2,1-3H3. The van der Waals surface area contributed by atoms with Crippen molar-refractivity contribution in [2.45, 2.75) is 46.0 Å². The SMILES string of the molecule is CCCC1CCCN(C(=O)C(C)CNC)CC1. The van der Waals surface area contributed by atoms with E-state index in [2.05, 4.69) is 17.1 Å². The molecule has 1 N–H and O–H groups in total. The van der Waals surface area contributed by atoms with Gasteiger partial charge in [0.25, 0.3) is 0 Å². The quantitative estimate of drug-likeness (QED) is 0.799. The number of hydrogen-bond acceptors (Lipinski definition) is 2. The Hall–Kier alpha value is -0.570. The third-order valence-electron chi connectivity index (χ3n) is 3.79. The lowest BCUT2D eigenvalue weighted by molar-refractivity contribution is -0.134. The first kappa shape index (κ1) is 14.5. The molecule has 1 saturated heterocycles. The number of nitrogens with zero attached hydrogens (tertiary/aromatic N) is 1. The van der Waals surface area contributed by atoms with Crippen LogP contribution in [-0.4, -0.2) is 37.5 Å². The number of rotatable bonds is 5. The Morgan fingerprint density at radius 2 is 2.18 bits per heavy atom. The molecule has 0 aromatic carbocycles. The Morgan fingerprint density at radius 3 is 2.82 bits per heavy atom. The first-order valence-electron chi connectivity index (χ1n) is 7.12. The summed E-state index contributed by atoms with van der Waals surface area (Å²) in [5.74, 6) is 1.29. The molecule has 0 bridgehead atoms. The van der Waals surface area contributed by atoms with Crippen LogP contribution in [0.5, 0.6) is 0 Å². The van der Waals surface area contributed by atoms with Gasteiger partial charge in [-0.2, -0.15) is 0 Å². The second-order valence-corrected chi connectivity index (χ2v) is 5.37. The van der Waals surface area contributed by atoms with Gasteiger partial charge in [0.15, 0.2) is 0 Å². The van der Waals surface area contributed by atoms with Crippen LogP contribution in [0, 0.1) is 11.8 Å². The fourth-order valence-electron chi connectivity index (χ4n) is 2.79. The maximum absolute atomic E-state index is 12.2. The molecule has 0 saturated carbocycles. The lowest BCUT2D eigenvalue weighted by atomic mass is 9.96. The normalized spacial score (nSPS) is 23.2. The predicted molar refractivity (Wildman–Crippen MR) is 71.9 cm³/mol. The van der Waals surface area contributed by atoms with E-state index < -0.39 is 0 Å². The van der Waals surface area contributed by atoms with Crippen LogP contribution in [0.25, 0.3) is 0 Å². The van der Waals surface area contributed by atoms with E-state index in [-0.39, 0.29) is 5.92 Å². The highest BCUT2D eigenvalue weighted by atomic mass is 16.2. The average molecular weight is 240 g/mol. The minimum atomic E-state index is 0.114. The first-order chi connectivity index (χ1) is 8.19. The highest BCUT2D eigenvalue weighted by Crippen LogP contribution is 2.22. The highest BCUT2D eigenvalue weighted by Gasteiger charge is 2.23. The summed E-state index contributed by atoms with van der Waals surface area (Å²) in [6.45, 7) is 6.99. The number of hydrogen-bond donors (Lipinski definition) is 1. The van der Waals surface area contributed by atoms with Crippen molar-refractivity contribution in [3.05, 3.63) is 0 Å². The molecule has 1 aliphatic heterocycles. The highest BCUT2D eigenvalue weighted by molar-refractivity contribution is 5.78. The van der Waals surface area contributed by atoms with Gasteiger partial charge in [-0.15, -0.1) is 0 Å². The van der Waals surface area contributed by atoms with Gasteiger partial charge in [-0.25, -0.2) is 0 Å². The second-order valence-electron chi connectivity index (χ2n) is 5.37. The molecule has 2 unspecified atom stereocenters. The van der Waals surface area contributed by atoms with Gasteiger partial charge in [0.05, 0.1) is 0 Å². The summed E-state index contributed by atoms with van der Waals surface area (Å²) >= 11 is 0. The summed E-state index contributed by atoms with van der Waals surface area (Å²) in [6, 6.07) is 0. The minimum Gasteiger partial charge on any atom is -0.342 e. The predicted octanol–water partition coefficient (Wildman–Crippen LogP) is 2.27. The van der Waals surface area contributed by atoms with E-state index in [1.165, 1.54) is 32.1 Å². The number of likely N-dealkylation sites (tertiary alicyclic amines) is 1. The molecule has 1 rings (SSSR count). The molecule has 1 heterocycles. The molecule has 100 valence electrons. The molecule has 1 amide bonds. The van der Waals surface area contributed by atoms with Crippen molar-refractivity contribution < 1.29 is 4.79 Å². The molecular weight excluding hydrogens is 212 g/mol. The van der Waals surface area contributed by atoms with Crippen LogP contribution >= 0.6 is 0 Å². The van der Waals surface area contributed by atoms with Crippen LogP contribution in [-0.2, 0) is 4.79 Å². The van der Waals surface area contributed by atoms with Gasteiger partial charge < -0.3 is 10.2 Å². The van der Waals surface area contributed by atoms with E-state index in [1.54, 1.807) is 0 Å². The van der Waals surface area contributed by atoms with Crippen molar-refractivity contribution >= 4 is 5.91 Å². The van der Waals surface area contributed by atoms with Crippen molar-refractivity contribution in [3.8, 4) is 0 Å². The molecule has 17 heavy (non-hydrogen) atoms. The lowest BCUT2D eigenvalue weighted by Crippen LogP contribution is -2.39. The zero-order valence-electron chi connectivity index (χ0n) is 11.7. The van der Waals surface area contributed by atoms with Gasteiger partial charge in [0.1, 0.15) is 0 Å². The van der Waals surface area contributed by atoms with Crippen molar-refractivity contribution in [1.82, 2.24) is 10.2 Å². The van der Waals surface area contributed by atoms with Crippen LogP contribution in [0.1, 0.15) is 46.0 Å². The number of amides is 1. The Bertz CT molecular complexity index is 230. The molecule has 0 aromatic heterocycles. The van der Waals surface area contributed by atoms with Gasteiger partial charge >= 0.3 is 0 Å². The smallest absolute Gasteiger partial charge is 0.226 e. The van der Waals surface area contributed by atoms with Gasteiger partial charge in [0.2, 0.25) is 5.91 Å². The zero-order valence-corrected chi connectivity index (χ0v) is 11.7. The van der Waals surface area contributed by atoms with E-state index in [0.29, 0.717) is 5.91 Å². The third kappa shape index (κ3) is 4.66. The van der Waals surface area contributed by atoms with Crippen molar-refractivity contribution in [3.63, 3.8) is 0 Å². The largest absolute Gasteiger partial charge is 0.342 e. The molecule has 0 radical (unpaired) electrons. The van der Waals surface area contributed by atoms with Crippen molar-refractivity contribution in [2.75, 3.05) is 26.7 Å². The Kier molecular flexibility index (Phi) is 6.56. The second kappa shape index (κ2) is 7.70. The van der Waals surface area contributed by atoms with Gasteiger partial charge in [0, 0.05) is 25.6 Å². The minimum absolute atomic E-state index is 0.114. The fraction of sp³-hybridized carbons (Fsp3) is 0.929. The molecule has 1 aliphatic rings. The van der Waals surface area contributed by atoms with E-state index in [9.17, 15) is 4.79 Å². The Balaban J connectivity index is 2.42. The van der Waals surface area contributed by atoms with Crippen LogP contribution in [0.4, 0.5) is 0 Å². The van der Waals surface area contributed by atoms with E-state index in [1.807, 2.05) is 14.0 Å². The van der Waals surface area contributed by atoms with Crippen molar-refractivity contribution in [2.24, 2.45) is 11.8 Å². The third-order valence-corrected chi connectivity index (χ3v) is 3.79. The monoisotopic (exact) mass is 240 g/mol. The van der Waals surface area contributed by atoms with E-state index in [4.69, 9.17) is 0 Å². The maximum atomic E-state index is 12.2. The summed E-state index contributed by atoms with van der Waals surface area (Å²) in [7, 11) is 1.91. The molecule has 3 nitrogen and oxygen atoms in total. The van der Waals surface area contributed by atoms with Crippen LogP contribution in [0.2, 0.25) is 0 Å². The Labute approximate surface area is 106 Å². The van der Waals surface area contributed by atoms with Gasteiger partial charge in [-0.05, 0) is 32.2 Å². The molecular formula is C14H28N2O. The van der Waals surface area contributed by atoms with E-state index >= 15 is 0 Å².